The molecule has 6 nitrogen and oxygen atoms in total. The molecule has 0 amide bonds. The van der Waals surface area contributed by atoms with Gasteiger partial charge in [0, 0.05) is 28.6 Å². The predicted molar refractivity (Wildman–Crippen MR) is 222 cm³/mol. The minimum absolute atomic E-state index is 0.638. The Kier molecular flexibility index (Phi) is 8.04. The van der Waals surface area contributed by atoms with Crippen LogP contribution in [0.2, 0.25) is 0 Å². The third-order valence-corrected chi connectivity index (χ3v) is 9.97. The molecule has 0 radical (unpaired) electrons. The number of aromatic nitrogens is 6. The van der Waals surface area contributed by atoms with Crippen LogP contribution in [0.3, 0.4) is 0 Å². The van der Waals surface area contributed by atoms with Crippen molar-refractivity contribution in [2.75, 3.05) is 0 Å². The summed E-state index contributed by atoms with van der Waals surface area (Å²) in [7, 11) is 0. The lowest BCUT2D eigenvalue weighted by molar-refractivity contribution is 1.07. The Labute approximate surface area is 318 Å². The van der Waals surface area contributed by atoms with Crippen LogP contribution in [0.15, 0.2) is 194 Å². The zero-order valence-corrected chi connectivity index (χ0v) is 29.7. The van der Waals surface area contributed by atoms with Crippen LogP contribution in [0.4, 0.5) is 0 Å². The maximum atomic E-state index is 4.97. The molecule has 0 bridgehead atoms. The summed E-state index contributed by atoms with van der Waals surface area (Å²) < 4.78 is 2.19. The van der Waals surface area contributed by atoms with Crippen molar-refractivity contribution < 1.29 is 0 Å². The van der Waals surface area contributed by atoms with Gasteiger partial charge in [0.25, 0.3) is 0 Å². The van der Waals surface area contributed by atoms with Crippen LogP contribution in [-0.4, -0.2) is 29.5 Å². The zero-order chi connectivity index (χ0) is 36.6. The number of fused-ring (bicyclic) bond motifs is 2. The zero-order valence-electron chi connectivity index (χ0n) is 29.7. The van der Waals surface area contributed by atoms with Gasteiger partial charge in [-0.25, -0.2) is 19.9 Å². The van der Waals surface area contributed by atoms with Crippen LogP contribution in [0.1, 0.15) is 0 Å². The van der Waals surface area contributed by atoms with Gasteiger partial charge in [-0.3, -0.25) is 9.55 Å². The SMILES string of the molecule is c1ccc(-c2nc(-c3ccccc3)nc(-c3ccc(-c4cccc5c(-c6ccc(-n7c(-c8ccccn8)nc8ccccc87)cc6)cccc45)cc3)n2)cc1. The van der Waals surface area contributed by atoms with Crippen molar-refractivity contribution >= 4 is 21.8 Å². The molecule has 10 aromatic rings. The average Bonchev–Trinajstić information content (AvgIpc) is 3.67. The number of benzene rings is 7. The van der Waals surface area contributed by atoms with E-state index in [0.717, 1.165) is 61.6 Å². The summed E-state index contributed by atoms with van der Waals surface area (Å²) in [4.78, 5) is 24.3. The second-order valence-corrected chi connectivity index (χ2v) is 13.3. The molecule has 0 spiro atoms. The van der Waals surface area contributed by atoms with E-state index in [0.29, 0.717) is 17.5 Å². The topological polar surface area (TPSA) is 69.4 Å². The first kappa shape index (κ1) is 32.1. The first-order valence-electron chi connectivity index (χ1n) is 18.3. The van der Waals surface area contributed by atoms with Crippen molar-refractivity contribution in [2.45, 2.75) is 0 Å². The van der Waals surface area contributed by atoms with Gasteiger partial charge in [-0.2, -0.15) is 0 Å². The van der Waals surface area contributed by atoms with Gasteiger partial charge in [-0.1, -0.05) is 152 Å². The van der Waals surface area contributed by atoms with E-state index < -0.39 is 0 Å². The van der Waals surface area contributed by atoms with Crippen molar-refractivity contribution in [3.8, 4) is 73.6 Å². The first-order chi connectivity index (χ1) is 27.3. The minimum atomic E-state index is 0.638. The molecule has 6 heteroatoms. The highest BCUT2D eigenvalue weighted by Crippen LogP contribution is 2.37. The highest BCUT2D eigenvalue weighted by atomic mass is 15.1. The summed E-state index contributed by atoms with van der Waals surface area (Å²) in [5, 5.41) is 2.38. The van der Waals surface area contributed by atoms with E-state index in [2.05, 4.69) is 107 Å². The molecule has 55 heavy (non-hydrogen) atoms. The molecular formula is C49H32N6. The van der Waals surface area contributed by atoms with Crippen LogP contribution in [0.5, 0.6) is 0 Å². The molecule has 0 unspecified atom stereocenters. The Morgan fingerprint density at radius 1 is 0.345 bits per heavy atom. The van der Waals surface area contributed by atoms with Gasteiger partial charge in [0.05, 0.1) is 11.0 Å². The smallest absolute Gasteiger partial charge is 0.164 e. The molecular weight excluding hydrogens is 673 g/mol. The molecule has 10 rings (SSSR count). The van der Waals surface area contributed by atoms with Gasteiger partial charge in [-0.15, -0.1) is 0 Å². The monoisotopic (exact) mass is 704 g/mol. The molecule has 3 heterocycles. The summed E-state index contributed by atoms with van der Waals surface area (Å²) in [6.45, 7) is 0. The fourth-order valence-electron chi connectivity index (χ4n) is 7.29. The van der Waals surface area contributed by atoms with Crippen molar-refractivity contribution in [1.29, 1.82) is 0 Å². The molecule has 0 aliphatic heterocycles. The second-order valence-electron chi connectivity index (χ2n) is 13.3. The number of pyridine rings is 1. The Balaban J connectivity index is 1.00. The fraction of sp³-hybridized carbons (Fsp3) is 0. The maximum Gasteiger partial charge on any atom is 0.164 e. The fourth-order valence-corrected chi connectivity index (χ4v) is 7.29. The van der Waals surface area contributed by atoms with E-state index in [-0.39, 0.29) is 0 Å². The van der Waals surface area contributed by atoms with Gasteiger partial charge in [-0.05, 0) is 69.4 Å². The summed E-state index contributed by atoms with van der Waals surface area (Å²) in [5.74, 6) is 2.75. The van der Waals surface area contributed by atoms with Crippen molar-refractivity contribution in [1.82, 2.24) is 29.5 Å². The molecule has 3 aromatic heterocycles. The molecule has 0 saturated carbocycles. The normalized spacial score (nSPS) is 11.3. The van der Waals surface area contributed by atoms with Crippen molar-refractivity contribution in [2.24, 2.45) is 0 Å². The standard InChI is InChI=1S/C49H32N6/c1-3-13-35(14-4-1)46-52-47(36-15-5-2-6-16-36)54-48(53-46)37-26-24-33(25-27-37)39-17-11-20-42-40(18-12-19-41(39)42)34-28-30-38(31-29-34)55-45-23-8-7-21-43(45)51-49(55)44-22-9-10-32-50-44/h1-32H. The number of para-hydroxylation sites is 2. The van der Waals surface area contributed by atoms with E-state index in [1.54, 1.807) is 0 Å². The lowest BCUT2D eigenvalue weighted by Crippen LogP contribution is -2.00. The molecule has 0 atom stereocenters. The summed E-state index contributed by atoms with van der Waals surface area (Å²) in [6.07, 6.45) is 1.81. The van der Waals surface area contributed by atoms with E-state index in [1.807, 2.05) is 97.2 Å². The van der Waals surface area contributed by atoms with Crippen molar-refractivity contribution in [3.63, 3.8) is 0 Å². The highest BCUT2D eigenvalue weighted by molar-refractivity contribution is 6.04. The van der Waals surface area contributed by atoms with Crippen molar-refractivity contribution in [3.05, 3.63) is 194 Å². The minimum Gasteiger partial charge on any atom is -0.291 e. The highest BCUT2D eigenvalue weighted by Gasteiger charge is 2.17. The number of imidazole rings is 1. The van der Waals surface area contributed by atoms with Crippen LogP contribution in [0.25, 0.3) is 95.4 Å². The van der Waals surface area contributed by atoms with E-state index in [4.69, 9.17) is 19.9 Å². The predicted octanol–water partition coefficient (Wildman–Crippen LogP) is 11.8. The van der Waals surface area contributed by atoms with Crippen LogP contribution >= 0.6 is 0 Å². The van der Waals surface area contributed by atoms with Crippen LogP contribution in [0, 0.1) is 0 Å². The molecule has 7 aromatic carbocycles. The quantitative estimate of drug-likeness (QED) is 0.165. The second kappa shape index (κ2) is 13.8. The Morgan fingerprint density at radius 3 is 1.40 bits per heavy atom. The Bertz CT molecular complexity index is 2880. The van der Waals surface area contributed by atoms with Gasteiger partial charge < -0.3 is 0 Å². The molecule has 0 fully saturated rings. The van der Waals surface area contributed by atoms with E-state index in [1.165, 1.54) is 16.3 Å². The lowest BCUT2D eigenvalue weighted by atomic mass is 9.92. The maximum absolute atomic E-state index is 4.97. The Hall–Kier alpha value is -7.57. The van der Waals surface area contributed by atoms with Gasteiger partial charge in [0.15, 0.2) is 23.3 Å². The van der Waals surface area contributed by atoms with Gasteiger partial charge in [0.2, 0.25) is 0 Å². The van der Waals surface area contributed by atoms with E-state index >= 15 is 0 Å². The van der Waals surface area contributed by atoms with Crippen LogP contribution < -0.4 is 0 Å². The van der Waals surface area contributed by atoms with Gasteiger partial charge >= 0.3 is 0 Å². The molecule has 0 N–H and O–H groups in total. The van der Waals surface area contributed by atoms with Gasteiger partial charge in [0.1, 0.15) is 5.69 Å². The number of nitrogens with zero attached hydrogens (tertiary/aromatic N) is 6. The van der Waals surface area contributed by atoms with Crippen LogP contribution in [-0.2, 0) is 0 Å². The third-order valence-electron chi connectivity index (χ3n) is 9.97. The summed E-state index contributed by atoms with van der Waals surface area (Å²) >= 11 is 0. The number of rotatable bonds is 7. The first-order valence-corrected chi connectivity index (χ1v) is 18.3. The molecule has 0 aliphatic carbocycles. The van der Waals surface area contributed by atoms with E-state index in [9.17, 15) is 0 Å². The third kappa shape index (κ3) is 6.02. The number of hydrogen-bond acceptors (Lipinski definition) is 5. The molecule has 258 valence electrons. The lowest BCUT2D eigenvalue weighted by Gasteiger charge is -2.13. The molecule has 0 saturated heterocycles. The number of hydrogen-bond donors (Lipinski definition) is 0. The largest absolute Gasteiger partial charge is 0.291 e. The Morgan fingerprint density at radius 2 is 0.836 bits per heavy atom. The summed E-state index contributed by atoms with van der Waals surface area (Å²) in [5.41, 5.74) is 11.3. The average molecular weight is 705 g/mol. The molecule has 0 aliphatic rings. The summed E-state index contributed by atoms with van der Waals surface area (Å²) in [6, 6.07) is 64.6.